The average molecular weight is 211 g/mol. The molecule has 0 aliphatic carbocycles. The predicted molar refractivity (Wildman–Crippen MR) is 63.5 cm³/mol. The van der Waals surface area contributed by atoms with E-state index in [1.807, 2.05) is 25.2 Å². The Kier molecular flexibility index (Phi) is 8.82. The van der Waals surface area contributed by atoms with Crippen molar-refractivity contribution in [2.24, 2.45) is 11.7 Å². The standard InChI is InChI=1S/C12H21NO2/c1-4-6-12(7-5-2)15-10-11(8-13)9-14-3/h4-7,11H,1,8-10,13H2,2-3H3/b7-5-,12-6+. The topological polar surface area (TPSA) is 44.5 Å². The number of hydrogen-bond donors (Lipinski definition) is 1. The van der Waals surface area contributed by atoms with Crippen molar-refractivity contribution in [3.05, 3.63) is 36.6 Å². The molecule has 15 heavy (non-hydrogen) atoms. The maximum atomic E-state index is 5.58. The highest BCUT2D eigenvalue weighted by Crippen LogP contribution is 2.04. The number of hydrogen-bond acceptors (Lipinski definition) is 3. The van der Waals surface area contributed by atoms with Gasteiger partial charge in [-0.3, -0.25) is 0 Å². The molecule has 3 nitrogen and oxygen atoms in total. The van der Waals surface area contributed by atoms with Gasteiger partial charge >= 0.3 is 0 Å². The van der Waals surface area contributed by atoms with E-state index in [1.54, 1.807) is 13.2 Å². The van der Waals surface area contributed by atoms with Crippen molar-refractivity contribution in [3.63, 3.8) is 0 Å². The molecule has 0 aliphatic rings. The summed E-state index contributed by atoms with van der Waals surface area (Å²) in [6, 6.07) is 0. The first-order valence-electron chi connectivity index (χ1n) is 5.05. The van der Waals surface area contributed by atoms with Gasteiger partial charge in [0.1, 0.15) is 5.76 Å². The van der Waals surface area contributed by atoms with Gasteiger partial charge in [-0.15, -0.1) is 0 Å². The van der Waals surface area contributed by atoms with E-state index in [1.165, 1.54) is 0 Å². The maximum Gasteiger partial charge on any atom is 0.118 e. The molecule has 0 aromatic heterocycles. The van der Waals surface area contributed by atoms with Gasteiger partial charge in [0.25, 0.3) is 0 Å². The number of allylic oxidation sites excluding steroid dienone is 4. The molecule has 3 heteroatoms. The molecule has 1 atom stereocenters. The van der Waals surface area contributed by atoms with Gasteiger partial charge in [0.15, 0.2) is 0 Å². The van der Waals surface area contributed by atoms with Crippen molar-refractivity contribution in [1.29, 1.82) is 0 Å². The number of rotatable bonds is 8. The van der Waals surface area contributed by atoms with Crippen molar-refractivity contribution < 1.29 is 9.47 Å². The molecule has 0 bridgehead atoms. The van der Waals surface area contributed by atoms with E-state index in [9.17, 15) is 0 Å². The zero-order valence-corrected chi connectivity index (χ0v) is 9.61. The Balaban J connectivity index is 4.07. The van der Waals surface area contributed by atoms with Gasteiger partial charge < -0.3 is 15.2 Å². The zero-order chi connectivity index (χ0) is 11.5. The minimum Gasteiger partial charge on any atom is -0.493 e. The van der Waals surface area contributed by atoms with Crippen LogP contribution in [-0.4, -0.2) is 26.9 Å². The summed E-state index contributed by atoms with van der Waals surface area (Å²) < 4.78 is 10.6. The van der Waals surface area contributed by atoms with Crippen LogP contribution in [0.3, 0.4) is 0 Å². The molecule has 2 N–H and O–H groups in total. The molecular weight excluding hydrogens is 190 g/mol. The minimum absolute atomic E-state index is 0.230. The normalized spacial score (nSPS) is 14.2. The molecule has 86 valence electrons. The molecule has 0 rings (SSSR count). The highest BCUT2D eigenvalue weighted by Gasteiger charge is 2.06. The molecule has 0 aromatic carbocycles. The van der Waals surface area contributed by atoms with Crippen molar-refractivity contribution in [2.45, 2.75) is 6.92 Å². The maximum absolute atomic E-state index is 5.58. The Labute approximate surface area is 92.3 Å². The molecule has 0 saturated heterocycles. The van der Waals surface area contributed by atoms with Crippen molar-refractivity contribution in [3.8, 4) is 0 Å². The molecule has 0 heterocycles. The van der Waals surface area contributed by atoms with Gasteiger partial charge in [0.05, 0.1) is 13.2 Å². The lowest BCUT2D eigenvalue weighted by Gasteiger charge is -2.15. The van der Waals surface area contributed by atoms with E-state index in [2.05, 4.69) is 6.58 Å². The number of nitrogens with two attached hydrogens (primary N) is 1. The molecule has 0 spiro atoms. The summed E-state index contributed by atoms with van der Waals surface area (Å²) in [5.74, 6) is 1.02. The van der Waals surface area contributed by atoms with Gasteiger partial charge in [-0.25, -0.2) is 0 Å². The monoisotopic (exact) mass is 211 g/mol. The predicted octanol–water partition coefficient (Wildman–Crippen LogP) is 1.87. The van der Waals surface area contributed by atoms with Crippen LogP contribution < -0.4 is 5.73 Å². The van der Waals surface area contributed by atoms with Crippen LogP contribution in [0.15, 0.2) is 36.6 Å². The van der Waals surface area contributed by atoms with Crippen molar-refractivity contribution >= 4 is 0 Å². The van der Waals surface area contributed by atoms with Crippen LogP contribution in [0, 0.1) is 5.92 Å². The van der Waals surface area contributed by atoms with Gasteiger partial charge in [0.2, 0.25) is 0 Å². The van der Waals surface area contributed by atoms with Crippen LogP contribution in [0.25, 0.3) is 0 Å². The molecule has 0 aliphatic heterocycles. The third kappa shape index (κ3) is 6.94. The third-order valence-electron chi connectivity index (χ3n) is 1.83. The fraction of sp³-hybridized carbons (Fsp3) is 0.500. The van der Waals surface area contributed by atoms with Crippen LogP contribution in [0.5, 0.6) is 0 Å². The summed E-state index contributed by atoms with van der Waals surface area (Å²) in [4.78, 5) is 0. The second-order valence-electron chi connectivity index (χ2n) is 3.17. The first kappa shape index (κ1) is 13.9. The second-order valence-corrected chi connectivity index (χ2v) is 3.17. The van der Waals surface area contributed by atoms with E-state index in [0.717, 1.165) is 5.76 Å². The molecule has 0 amide bonds. The molecule has 0 radical (unpaired) electrons. The summed E-state index contributed by atoms with van der Waals surface area (Å²) in [5, 5.41) is 0. The largest absolute Gasteiger partial charge is 0.493 e. The van der Waals surface area contributed by atoms with Crippen LogP contribution in [-0.2, 0) is 9.47 Å². The summed E-state index contributed by atoms with van der Waals surface area (Å²) >= 11 is 0. The summed E-state index contributed by atoms with van der Waals surface area (Å²) in [5.41, 5.74) is 5.58. The highest BCUT2D eigenvalue weighted by atomic mass is 16.5. The molecule has 0 aromatic rings. The first-order valence-corrected chi connectivity index (χ1v) is 5.05. The molecule has 1 unspecified atom stereocenters. The molecule has 0 fully saturated rings. The lowest BCUT2D eigenvalue weighted by Crippen LogP contribution is -2.24. The Morgan fingerprint density at radius 2 is 2.20 bits per heavy atom. The minimum atomic E-state index is 0.230. The summed E-state index contributed by atoms with van der Waals surface area (Å²) in [6.45, 7) is 7.31. The van der Waals surface area contributed by atoms with E-state index in [0.29, 0.717) is 19.8 Å². The van der Waals surface area contributed by atoms with Crippen molar-refractivity contribution in [2.75, 3.05) is 26.9 Å². The fourth-order valence-electron chi connectivity index (χ4n) is 1.07. The summed E-state index contributed by atoms with van der Waals surface area (Å²) in [7, 11) is 1.66. The Bertz CT molecular complexity index is 222. The zero-order valence-electron chi connectivity index (χ0n) is 9.61. The quantitative estimate of drug-likeness (QED) is 0.492. The second kappa shape index (κ2) is 9.49. The SMILES string of the molecule is C=C/C=C(\C=C/C)OCC(CN)COC. The third-order valence-corrected chi connectivity index (χ3v) is 1.83. The number of ether oxygens (including phenoxy) is 2. The Morgan fingerprint density at radius 3 is 2.67 bits per heavy atom. The van der Waals surface area contributed by atoms with E-state index in [4.69, 9.17) is 15.2 Å². The van der Waals surface area contributed by atoms with Crippen LogP contribution >= 0.6 is 0 Å². The van der Waals surface area contributed by atoms with Crippen LogP contribution in [0.2, 0.25) is 0 Å². The van der Waals surface area contributed by atoms with Gasteiger partial charge in [-0.1, -0.05) is 18.7 Å². The highest BCUT2D eigenvalue weighted by molar-refractivity contribution is 5.16. The number of methoxy groups -OCH3 is 1. The van der Waals surface area contributed by atoms with Crippen molar-refractivity contribution in [1.82, 2.24) is 0 Å². The lowest BCUT2D eigenvalue weighted by atomic mass is 10.2. The first-order chi connectivity index (χ1) is 7.28. The molecule has 0 saturated carbocycles. The Hall–Kier alpha value is -1.06. The average Bonchev–Trinajstić information content (AvgIpc) is 2.24. The Morgan fingerprint density at radius 1 is 1.47 bits per heavy atom. The van der Waals surface area contributed by atoms with Gasteiger partial charge in [-0.2, -0.15) is 0 Å². The van der Waals surface area contributed by atoms with E-state index < -0.39 is 0 Å². The fourth-order valence-corrected chi connectivity index (χ4v) is 1.07. The van der Waals surface area contributed by atoms with Gasteiger partial charge in [-0.05, 0) is 19.1 Å². The molecular formula is C12H21NO2. The lowest BCUT2D eigenvalue weighted by molar-refractivity contribution is 0.0982. The van der Waals surface area contributed by atoms with E-state index in [-0.39, 0.29) is 5.92 Å². The van der Waals surface area contributed by atoms with Crippen LogP contribution in [0.1, 0.15) is 6.92 Å². The smallest absolute Gasteiger partial charge is 0.118 e. The van der Waals surface area contributed by atoms with Crippen LogP contribution in [0.4, 0.5) is 0 Å². The van der Waals surface area contributed by atoms with E-state index >= 15 is 0 Å². The summed E-state index contributed by atoms with van der Waals surface area (Å²) in [6.07, 6.45) is 7.33. The van der Waals surface area contributed by atoms with Gasteiger partial charge in [0, 0.05) is 19.6 Å².